The lowest BCUT2D eigenvalue weighted by atomic mass is 10.0. The average Bonchev–Trinajstić information content (AvgIpc) is 2.97. The van der Waals surface area contributed by atoms with Crippen molar-refractivity contribution in [1.29, 1.82) is 0 Å². The van der Waals surface area contributed by atoms with Gasteiger partial charge in [-0.2, -0.15) is 13.5 Å². The van der Waals surface area contributed by atoms with E-state index in [1.807, 2.05) is 12.1 Å². The molecule has 138 valence electrons. The molecule has 1 atom stereocenters. The number of anilines is 1. The third-order valence-corrected chi connectivity index (χ3v) is 5.16. The Hall–Kier alpha value is -1.31. The highest BCUT2D eigenvalue weighted by atomic mass is 35.5. The third-order valence-electron chi connectivity index (χ3n) is 3.82. The van der Waals surface area contributed by atoms with Crippen LogP contribution in [0.4, 0.5) is 5.69 Å². The Morgan fingerprint density at radius 3 is 2.38 bits per heavy atom. The Bertz CT molecular complexity index is 946. The summed E-state index contributed by atoms with van der Waals surface area (Å²) in [6.07, 6.45) is 1.50. The van der Waals surface area contributed by atoms with Crippen molar-refractivity contribution in [2.75, 3.05) is 17.9 Å². The first-order valence-corrected chi connectivity index (χ1v) is 10.6. The van der Waals surface area contributed by atoms with Gasteiger partial charge in [0.05, 0.1) is 28.7 Å². The van der Waals surface area contributed by atoms with Gasteiger partial charge < -0.3 is 0 Å². The molecule has 0 aromatic heterocycles. The number of benzene rings is 2. The van der Waals surface area contributed by atoms with Crippen LogP contribution in [0.1, 0.15) is 18.0 Å². The van der Waals surface area contributed by atoms with E-state index in [0.29, 0.717) is 32.9 Å². The maximum Gasteiger partial charge on any atom is 0.264 e. The molecule has 1 aliphatic rings. The Kier molecular flexibility index (Phi) is 5.79. The molecule has 0 saturated carbocycles. The summed E-state index contributed by atoms with van der Waals surface area (Å²) in [5.41, 5.74) is 2.24. The number of rotatable bonds is 5. The first kappa shape index (κ1) is 19.5. The number of hydrogen-bond acceptors (Lipinski definition) is 5. The van der Waals surface area contributed by atoms with Crippen molar-refractivity contribution in [2.45, 2.75) is 12.5 Å². The second-order valence-corrected chi connectivity index (χ2v) is 8.77. The van der Waals surface area contributed by atoms with E-state index in [9.17, 15) is 8.42 Å². The predicted octanol–water partition coefficient (Wildman–Crippen LogP) is 4.93. The summed E-state index contributed by atoms with van der Waals surface area (Å²) in [4.78, 5) is 0. The van der Waals surface area contributed by atoms with Crippen LogP contribution in [0.3, 0.4) is 0 Å². The van der Waals surface area contributed by atoms with E-state index in [-0.39, 0.29) is 12.6 Å². The Morgan fingerprint density at radius 2 is 1.77 bits per heavy atom. The second kappa shape index (κ2) is 7.74. The normalized spacial score (nSPS) is 17.5. The van der Waals surface area contributed by atoms with Gasteiger partial charge in [0.2, 0.25) is 0 Å². The van der Waals surface area contributed by atoms with Crippen molar-refractivity contribution < 1.29 is 12.6 Å². The molecule has 2 aromatic rings. The standard InChI is InChI=1S/C17H15Cl3N2O3S/c1-26(23,24)25-10-14-9-17(11-2-4-12(18)5-3-11)22(21-14)16-7-6-13(19)8-15(16)20/h2-8,17H,9-10H2,1H3. The lowest BCUT2D eigenvalue weighted by molar-refractivity contribution is 0.371. The molecule has 0 N–H and O–H groups in total. The Morgan fingerprint density at radius 1 is 1.12 bits per heavy atom. The number of hydrazone groups is 1. The van der Waals surface area contributed by atoms with Gasteiger partial charge in [-0.25, -0.2) is 0 Å². The van der Waals surface area contributed by atoms with Crippen molar-refractivity contribution in [3.05, 3.63) is 63.1 Å². The molecule has 1 unspecified atom stereocenters. The van der Waals surface area contributed by atoms with Gasteiger partial charge in [0.15, 0.2) is 0 Å². The summed E-state index contributed by atoms with van der Waals surface area (Å²) in [5.74, 6) is 0. The summed E-state index contributed by atoms with van der Waals surface area (Å²) >= 11 is 18.3. The zero-order chi connectivity index (χ0) is 18.9. The van der Waals surface area contributed by atoms with Crippen molar-refractivity contribution >= 4 is 56.3 Å². The lowest BCUT2D eigenvalue weighted by Gasteiger charge is -2.25. The van der Waals surface area contributed by atoms with E-state index in [2.05, 4.69) is 5.10 Å². The van der Waals surface area contributed by atoms with Crippen LogP contribution in [0.2, 0.25) is 15.1 Å². The molecule has 0 fully saturated rings. The van der Waals surface area contributed by atoms with E-state index in [1.165, 1.54) is 0 Å². The summed E-state index contributed by atoms with van der Waals surface area (Å²) in [5, 5.41) is 7.88. The van der Waals surface area contributed by atoms with Crippen molar-refractivity contribution in [1.82, 2.24) is 0 Å². The lowest BCUT2D eigenvalue weighted by Crippen LogP contribution is -2.18. The molecule has 0 spiro atoms. The molecule has 1 aliphatic heterocycles. The van der Waals surface area contributed by atoms with Crippen LogP contribution in [-0.4, -0.2) is 27.0 Å². The van der Waals surface area contributed by atoms with Crippen LogP contribution >= 0.6 is 34.8 Å². The van der Waals surface area contributed by atoms with Crippen molar-refractivity contribution in [3.63, 3.8) is 0 Å². The zero-order valence-electron chi connectivity index (χ0n) is 13.7. The fraction of sp³-hybridized carbons (Fsp3) is 0.235. The summed E-state index contributed by atoms with van der Waals surface area (Å²) < 4.78 is 27.4. The highest BCUT2D eigenvalue weighted by molar-refractivity contribution is 7.86. The molecule has 0 amide bonds. The first-order valence-electron chi connectivity index (χ1n) is 7.63. The minimum atomic E-state index is -3.56. The number of hydrogen-bond donors (Lipinski definition) is 0. The van der Waals surface area contributed by atoms with Crippen LogP contribution in [0.15, 0.2) is 47.6 Å². The Balaban J connectivity index is 1.95. The molecule has 3 rings (SSSR count). The highest BCUT2D eigenvalue weighted by Crippen LogP contribution is 2.39. The second-order valence-electron chi connectivity index (χ2n) is 5.84. The molecule has 2 aromatic carbocycles. The molecule has 0 saturated heterocycles. The number of halogens is 3. The van der Waals surface area contributed by atoms with Crippen LogP contribution in [-0.2, 0) is 14.3 Å². The average molecular weight is 434 g/mol. The van der Waals surface area contributed by atoms with Crippen molar-refractivity contribution in [3.8, 4) is 0 Å². The topological polar surface area (TPSA) is 59.0 Å². The predicted molar refractivity (Wildman–Crippen MR) is 106 cm³/mol. The van der Waals surface area contributed by atoms with Gasteiger partial charge >= 0.3 is 0 Å². The van der Waals surface area contributed by atoms with E-state index in [0.717, 1.165) is 11.8 Å². The molecular weight excluding hydrogens is 419 g/mol. The Labute approximate surface area is 167 Å². The summed E-state index contributed by atoms with van der Waals surface area (Å²) in [6.45, 7) is -0.107. The highest BCUT2D eigenvalue weighted by Gasteiger charge is 2.31. The third kappa shape index (κ3) is 4.69. The molecule has 0 aliphatic carbocycles. The molecule has 9 heteroatoms. The van der Waals surface area contributed by atoms with E-state index in [1.54, 1.807) is 35.3 Å². The van der Waals surface area contributed by atoms with Crippen LogP contribution < -0.4 is 5.01 Å². The fourth-order valence-corrected chi connectivity index (χ4v) is 3.64. The molecule has 5 nitrogen and oxygen atoms in total. The smallest absolute Gasteiger partial charge is 0.264 e. The quantitative estimate of drug-likeness (QED) is 0.627. The fourth-order valence-electron chi connectivity index (χ4n) is 2.67. The van der Waals surface area contributed by atoms with Crippen LogP contribution in [0.25, 0.3) is 0 Å². The van der Waals surface area contributed by atoms with Crippen LogP contribution in [0.5, 0.6) is 0 Å². The van der Waals surface area contributed by atoms with Crippen molar-refractivity contribution in [2.24, 2.45) is 5.10 Å². The minimum absolute atomic E-state index is 0.107. The largest absolute Gasteiger partial charge is 0.264 e. The van der Waals surface area contributed by atoms with Gasteiger partial charge in [0.1, 0.15) is 6.61 Å². The maximum absolute atomic E-state index is 11.3. The minimum Gasteiger partial charge on any atom is -0.264 e. The molecule has 0 radical (unpaired) electrons. The molecule has 0 bridgehead atoms. The van der Waals surface area contributed by atoms with Gasteiger partial charge in [-0.3, -0.25) is 9.19 Å². The van der Waals surface area contributed by atoms with E-state index < -0.39 is 10.1 Å². The first-order chi connectivity index (χ1) is 12.2. The van der Waals surface area contributed by atoms with E-state index in [4.69, 9.17) is 39.0 Å². The van der Waals surface area contributed by atoms with Gasteiger partial charge in [-0.05, 0) is 35.9 Å². The van der Waals surface area contributed by atoms with Gasteiger partial charge in [0.25, 0.3) is 10.1 Å². The van der Waals surface area contributed by atoms with Gasteiger partial charge in [-0.1, -0.05) is 46.9 Å². The molecule has 26 heavy (non-hydrogen) atoms. The van der Waals surface area contributed by atoms with Gasteiger partial charge in [0, 0.05) is 16.5 Å². The summed E-state index contributed by atoms with van der Waals surface area (Å²) in [7, 11) is -3.56. The zero-order valence-corrected chi connectivity index (χ0v) is 16.8. The monoisotopic (exact) mass is 432 g/mol. The van der Waals surface area contributed by atoms with Gasteiger partial charge in [-0.15, -0.1) is 0 Å². The maximum atomic E-state index is 11.3. The van der Waals surface area contributed by atoms with Crippen LogP contribution in [0, 0.1) is 0 Å². The summed E-state index contributed by atoms with van der Waals surface area (Å²) in [6, 6.07) is 12.4. The molecule has 1 heterocycles. The van der Waals surface area contributed by atoms with E-state index >= 15 is 0 Å². The molecular formula is C17H15Cl3N2O3S. The SMILES string of the molecule is CS(=O)(=O)OCC1=NN(c2ccc(Cl)cc2Cl)C(c2ccc(Cl)cc2)C1. The number of nitrogens with zero attached hydrogens (tertiary/aromatic N) is 2.